The number of nitrogens with zero attached hydrogens (tertiary/aromatic N) is 2. The number of hydrogen-bond acceptors (Lipinski definition) is 6. The molecule has 144 valence electrons. The van der Waals surface area contributed by atoms with Gasteiger partial charge in [-0.15, -0.1) is 0 Å². The first kappa shape index (κ1) is 18.9. The number of nitrogens with one attached hydrogen (secondary N) is 1. The van der Waals surface area contributed by atoms with Crippen molar-refractivity contribution in [2.24, 2.45) is 0 Å². The molecule has 1 aliphatic heterocycles. The molecule has 1 aromatic carbocycles. The summed E-state index contributed by atoms with van der Waals surface area (Å²) < 4.78 is 11.6. The molecule has 0 bridgehead atoms. The SMILES string of the molecule is CCOc1ccc(-n2c(=O)[nH]c(C(=O)O)c(CN3CCOCC3)c2=O)cc1. The number of rotatable bonds is 6. The third kappa shape index (κ3) is 4.09. The minimum absolute atomic E-state index is 0.0397. The summed E-state index contributed by atoms with van der Waals surface area (Å²) in [6.45, 7) is 4.67. The molecule has 0 radical (unpaired) electrons. The van der Waals surface area contributed by atoms with Gasteiger partial charge in [-0.05, 0) is 31.2 Å². The van der Waals surface area contributed by atoms with E-state index in [9.17, 15) is 19.5 Å². The second kappa shape index (κ2) is 8.19. The minimum atomic E-state index is -1.34. The van der Waals surface area contributed by atoms with Crippen molar-refractivity contribution in [3.05, 3.63) is 56.4 Å². The molecule has 27 heavy (non-hydrogen) atoms. The molecule has 1 saturated heterocycles. The Labute approximate surface area is 154 Å². The van der Waals surface area contributed by atoms with Crippen molar-refractivity contribution in [3.8, 4) is 11.4 Å². The Morgan fingerprint density at radius 3 is 2.48 bits per heavy atom. The molecule has 0 saturated carbocycles. The number of hydrogen-bond donors (Lipinski definition) is 2. The summed E-state index contributed by atoms with van der Waals surface area (Å²) >= 11 is 0. The van der Waals surface area contributed by atoms with Crippen LogP contribution in [0.4, 0.5) is 0 Å². The van der Waals surface area contributed by atoms with Gasteiger partial charge in [0.05, 0.1) is 31.1 Å². The highest BCUT2D eigenvalue weighted by Crippen LogP contribution is 2.14. The van der Waals surface area contributed by atoms with Gasteiger partial charge in [0.15, 0.2) is 0 Å². The van der Waals surface area contributed by atoms with E-state index in [4.69, 9.17) is 9.47 Å². The molecule has 9 nitrogen and oxygen atoms in total. The lowest BCUT2D eigenvalue weighted by molar-refractivity contribution is 0.0336. The van der Waals surface area contributed by atoms with Gasteiger partial charge in [-0.2, -0.15) is 0 Å². The fourth-order valence-corrected chi connectivity index (χ4v) is 2.98. The first-order chi connectivity index (χ1) is 13.0. The topological polar surface area (TPSA) is 114 Å². The molecule has 9 heteroatoms. The van der Waals surface area contributed by atoms with E-state index in [2.05, 4.69) is 4.98 Å². The highest BCUT2D eigenvalue weighted by atomic mass is 16.5. The molecular formula is C18H21N3O6. The van der Waals surface area contributed by atoms with E-state index >= 15 is 0 Å². The van der Waals surface area contributed by atoms with Crippen molar-refractivity contribution >= 4 is 5.97 Å². The zero-order chi connectivity index (χ0) is 19.4. The quantitative estimate of drug-likeness (QED) is 0.754. The lowest BCUT2D eigenvalue weighted by Crippen LogP contribution is -2.42. The molecule has 1 aliphatic rings. The third-order valence-electron chi connectivity index (χ3n) is 4.30. The molecule has 0 unspecified atom stereocenters. The van der Waals surface area contributed by atoms with Gasteiger partial charge in [0.2, 0.25) is 0 Å². The van der Waals surface area contributed by atoms with Gasteiger partial charge in [-0.1, -0.05) is 0 Å². The van der Waals surface area contributed by atoms with E-state index in [-0.39, 0.29) is 17.8 Å². The summed E-state index contributed by atoms with van der Waals surface area (Å²) in [5.74, 6) is -0.729. The van der Waals surface area contributed by atoms with E-state index in [1.807, 2.05) is 11.8 Å². The molecule has 1 aromatic heterocycles. The third-order valence-corrected chi connectivity index (χ3v) is 4.30. The number of carbonyl (C=O) groups is 1. The Kier molecular flexibility index (Phi) is 5.72. The molecular weight excluding hydrogens is 354 g/mol. The fraction of sp³-hybridized carbons (Fsp3) is 0.389. The second-order valence-corrected chi connectivity index (χ2v) is 6.04. The van der Waals surface area contributed by atoms with Crippen molar-refractivity contribution in [2.75, 3.05) is 32.9 Å². The molecule has 2 aromatic rings. The van der Waals surface area contributed by atoms with E-state index in [1.54, 1.807) is 24.3 Å². The molecule has 3 rings (SSSR count). The van der Waals surface area contributed by atoms with E-state index in [0.29, 0.717) is 44.3 Å². The first-order valence-electron chi connectivity index (χ1n) is 8.66. The lowest BCUT2D eigenvalue weighted by atomic mass is 10.2. The van der Waals surface area contributed by atoms with Gasteiger partial charge in [0, 0.05) is 19.6 Å². The van der Waals surface area contributed by atoms with Gasteiger partial charge < -0.3 is 19.6 Å². The normalized spacial score (nSPS) is 14.9. The number of carboxylic acids is 1. The van der Waals surface area contributed by atoms with E-state index in [1.165, 1.54) is 0 Å². The van der Waals surface area contributed by atoms with Crippen molar-refractivity contribution in [1.29, 1.82) is 0 Å². The molecule has 0 atom stereocenters. The van der Waals surface area contributed by atoms with Gasteiger partial charge in [-0.3, -0.25) is 9.69 Å². The summed E-state index contributed by atoms with van der Waals surface area (Å²) in [5, 5.41) is 9.42. The molecule has 0 aliphatic carbocycles. The fourth-order valence-electron chi connectivity index (χ4n) is 2.98. The van der Waals surface area contributed by atoms with Gasteiger partial charge >= 0.3 is 11.7 Å². The van der Waals surface area contributed by atoms with Gasteiger partial charge in [0.1, 0.15) is 11.4 Å². The van der Waals surface area contributed by atoms with E-state index < -0.39 is 17.2 Å². The van der Waals surface area contributed by atoms with Crippen LogP contribution in [-0.2, 0) is 11.3 Å². The second-order valence-electron chi connectivity index (χ2n) is 6.04. The number of aromatic amines is 1. The Hall–Kier alpha value is -2.91. The van der Waals surface area contributed by atoms with Crippen molar-refractivity contribution < 1.29 is 19.4 Å². The number of benzene rings is 1. The number of aromatic nitrogens is 2. The van der Waals surface area contributed by atoms with Crippen LogP contribution in [0.15, 0.2) is 33.9 Å². The number of ether oxygens (including phenoxy) is 2. The summed E-state index contributed by atoms with van der Waals surface area (Å²) in [4.78, 5) is 41.2. The predicted octanol–water partition coefficient (Wildman–Crippen LogP) is 0.455. The number of morpholine rings is 1. The average Bonchev–Trinajstić information content (AvgIpc) is 2.66. The van der Waals surface area contributed by atoms with Crippen molar-refractivity contribution in [3.63, 3.8) is 0 Å². The zero-order valence-electron chi connectivity index (χ0n) is 14.9. The Morgan fingerprint density at radius 2 is 1.89 bits per heavy atom. The first-order valence-corrected chi connectivity index (χ1v) is 8.66. The van der Waals surface area contributed by atoms with Crippen LogP contribution in [0.2, 0.25) is 0 Å². The van der Waals surface area contributed by atoms with Crippen LogP contribution < -0.4 is 16.0 Å². The number of H-pyrrole nitrogens is 1. The Morgan fingerprint density at radius 1 is 1.22 bits per heavy atom. The molecule has 0 amide bonds. The summed E-state index contributed by atoms with van der Waals surface area (Å²) in [6.07, 6.45) is 0. The van der Waals surface area contributed by atoms with Crippen LogP contribution in [0.25, 0.3) is 5.69 Å². The molecule has 2 N–H and O–H groups in total. The van der Waals surface area contributed by atoms with Gasteiger partial charge in [-0.25, -0.2) is 14.2 Å². The number of carboxylic acid groups (broad SMARTS) is 1. The highest BCUT2D eigenvalue weighted by molar-refractivity contribution is 5.86. The Balaban J connectivity index is 2.06. The Bertz CT molecular complexity index is 926. The maximum atomic E-state index is 13.0. The number of aromatic carboxylic acids is 1. The van der Waals surface area contributed by atoms with Crippen molar-refractivity contribution in [1.82, 2.24) is 14.5 Å². The van der Waals surface area contributed by atoms with Crippen molar-refractivity contribution in [2.45, 2.75) is 13.5 Å². The maximum absolute atomic E-state index is 13.0. The van der Waals surface area contributed by atoms with Gasteiger partial charge in [0.25, 0.3) is 5.56 Å². The van der Waals surface area contributed by atoms with Crippen LogP contribution in [0.1, 0.15) is 23.0 Å². The largest absolute Gasteiger partial charge is 0.494 e. The van der Waals surface area contributed by atoms with Crippen LogP contribution in [0, 0.1) is 0 Å². The molecule has 1 fully saturated rings. The molecule has 0 spiro atoms. The van der Waals surface area contributed by atoms with Crippen LogP contribution >= 0.6 is 0 Å². The summed E-state index contributed by atoms with van der Waals surface area (Å²) in [5.41, 5.74) is -1.44. The summed E-state index contributed by atoms with van der Waals surface area (Å²) in [6, 6.07) is 6.47. The van der Waals surface area contributed by atoms with Crippen LogP contribution in [-0.4, -0.2) is 58.4 Å². The minimum Gasteiger partial charge on any atom is -0.494 e. The average molecular weight is 375 g/mol. The van der Waals surface area contributed by atoms with E-state index in [0.717, 1.165) is 4.57 Å². The van der Waals surface area contributed by atoms with Crippen LogP contribution in [0.5, 0.6) is 5.75 Å². The lowest BCUT2D eigenvalue weighted by Gasteiger charge is -2.26. The monoisotopic (exact) mass is 375 g/mol. The zero-order valence-corrected chi connectivity index (χ0v) is 14.9. The maximum Gasteiger partial charge on any atom is 0.352 e. The van der Waals surface area contributed by atoms with Crippen LogP contribution in [0.3, 0.4) is 0 Å². The smallest absolute Gasteiger partial charge is 0.352 e. The molecule has 2 heterocycles. The summed E-state index contributed by atoms with van der Waals surface area (Å²) in [7, 11) is 0. The highest BCUT2D eigenvalue weighted by Gasteiger charge is 2.22. The predicted molar refractivity (Wildman–Crippen MR) is 96.9 cm³/mol. The standard InChI is InChI=1S/C18H21N3O6/c1-2-27-13-5-3-12(4-6-13)21-16(22)14(11-20-7-9-26-10-8-20)15(17(23)24)19-18(21)25/h3-6H,2,7-11H2,1H3,(H,19,25)(H,23,24).